The fourth-order valence-corrected chi connectivity index (χ4v) is 2.03. The number of anilines is 1. The lowest BCUT2D eigenvalue weighted by atomic mass is 10.2. The number of halogens is 2. The molecule has 2 aromatic heterocycles. The molecule has 0 unspecified atom stereocenters. The molecule has 0 aliphatic heterocycles. The van der Waals surface area contributed by atoms with Crippen molar-refractivity contribution in [2.24, 2.45) is 0 Å². The van der Waals surface area contributed by atoms with Gasteiger partial charge in [0, 0.05) is 38.1 Å². The van der Waals surface area contributed by atoms with Crippen molar-refractivity contribution in [3.63, 3.8) is 0 Å². The third kappa shape index (κ3) is 2.79. The van der Waals surface area contributed by atoms with E-state index in [4.69, 9.17) is 0 Å². The van der Waals surface area contributed by atoms with Crippen LogP contribution in [0.25, 0.3) is 11.0 Å². The Balaban J connectivity index is 1.91. The van der Waals surface area contributed by atoms with Gasteiger partial charge in [-0.2, -0.15) is 0 Å². The first kappa shape index (κ1) is 13.4. The Morgan fingerprint density at radius 1 is 1.10 bits per heavy atom. The van der Waals surface area contributed by atoms with Gasteiger partial charge in [-0.1, -0.05) is 6.07 Å². The average molecular weight is 286 g/mol. The first-order chi connectivity index (χ1) is 10.1. The maximum Gasteiger partial charge on any atom is 0.161 e. The summed E-state index contributed by atoms with van der Waals surface area (Å²) < 4.78 is 26.4. The molecule has 0 aliphatic carbocycles. The SMILES string of the molecule is CN(Cc1cccnc1)c1cnc2cc(F)c(F)cc2n1. The molecule has 6 heteroatoms. The highest BCUT2D eigenvalue weighted by atomic mass is 19.2. The van der Waals surface area contributed by atoms with Crippen molar-refractivity contribution in [1.82, 2.24) is 15.0 Å². The van der Waals surface area contributed by atoms with Crippen LogP contribution in [-0.4, -0.2) is 22.0 Å². The molecule has 0 amide bonds. The van der Waals surface area contributed by atoms with Gasteiger partial charge in [0.25, 0.3) is 0 Å². The van der Waals surface area contributed by atoms with Crippen LogP contribution in [0.2, 0.25) is 0 Å². The van der Waals surface area contributed by atoms with Gasteiger partial charge in [0.1, 0.15) is 5.82 Å². The fourth-order valence-electron chi connectivity index (χ4n) is 2.03. The molecule has 0 N–H and O–H groups in total. The molecule has 3 rings (SSSR count). The van der Waals surface area contributed by atoms with E-state index in [2.05, 4.69) is 15.0 Å². The maximum absolute atomic E-state index is 13.3. The van der Waals surface area contributed by atoms with Crippen LogP contribution in [0.15, 0.2) is 42.9 Å². The lowest BCUT2D eigenvalue weighted by molar-refractivity contribution is 0.510. The number of nitrogens with zero attached hydrogens (tertiary/aromatic N) is 4. The third-order valence-electron chi connectivity index (χ3n) is 3.11. The summed E-state index contributed by atoms with van der Waals surface area (Å²) >= 11 is 0. The summed E-state index contributed by atoms with van der Waals surface area (Å²) in [5, 5.41) is 0. The Kier molecular flexibility index (Phi) is 3.43. The van der Waals surface area contributed by atoms with E-state index in [1.807, 2.05) is 24.1 Å². The van der Waals surface area contributed by atoms with Gasteiger partial charge in [0.05, 0.1) is 17.2 Å². The topological polar surface area (TPSA) is 41.9 Å². The van der Waals surface area contributed by atoms with Gasteiger partial charge in [-0.05, 0) is 11.6 Å². The van der Waals surface area contributed by atoms with Crippen molar-refractivity contribution in [1.29, 1.82) is 0 Å². The molecule has 0 spiro atoms. The number of fused-ring (bicyclic) bond motifs is 1. The Bertz CT molecular complexity index is 777. The number of hydrogen-bond donors (Lipinski definition) is 0. The summed E-state index contributed by atoms with van der Waals surface area (Å²) in [5.74, 6) is -1.27. The van der Waals surface area contributed by atoms with Crippen molar-refractivity contribution in [2.45, 2.75) is 6.54 Å². The molecule has 0 atom stereocenters. The zero-order valence-corrected chi connectivity index (χ0v) is 11.3. The number of hydrogen-bond acceptors (Lipinski definition) is 4. The molecule has 3 aromatic rings. The molecule has 0 saturated carbocycles. The van der Waals surface area contributed by atoms with Crippen LogP contribution in [-0.2, 0) is 6.54 Å². The zero-order valence-electron chi connectivity index (χ0n) is 11.3. The van der Waals surface area contributed by atoms with Crippen molar-refractivity contribution in [3.8, 4) is 0 Å². The van der Waals surface area contributed by atoms with E-state index in [0.29, 0.717) is 23.4 Å². The summed E-state index contributed by atoms with van der Waals surface area (Å²) in [6.45, 7) is 0.595. The molecule has 0 saturated heterocycles. The highest BCUT2D eigenvalue weighted by Gasteiger charge is 2.09. The van der Waals surface area contributed by atoms with Crippen LogP contribution in [0, 0.1) is 11.6 Å². The summed E-state index contributed by atoms with van der Waals surface area (Å²) in [6.07, 6.45) is 5.01. The van der Waals surface area contributed by atoms with E-state index >= 15 is 0 Å². The minimum atomic E-state index is -0.927. The second-order valence-corrected chi connectivity index (χ2v) is 4.70. The third-order valence-corrected chi connectivity index (χ3v) is 3.11. The van der Waals surface area contributed by atoms with E-state index in [1.54, 1.807) is 12.4 Å². The van der Waals surface area contributed by atoms with Gasteiger partial charge in [0.15, 0.2) is 11.6 Å². The number of pyridine rings is 1. The van der Waals surface area contributed by atoms with Crippen molar-refractivity contribution in [2.75, 3.05) is 11.9 Å². The normalized spacial score (nSPS) is 10.8. The average Bonchev–Trinajstić information content (AvgIpc) is 2.49. The minimum absolute atomic E-state index is 0.324. The first-order valence-electron chi connectivity index (χ1n) is 6.35. The van der Waals surface area contributed by atoms with Gasteiger partial charge >= 0.3 is 0 Å². The summed E-state index contributed by atoms with van der Waals surface area (Å²) in [7, 11) is 1.85. The number of rotatable bonds is 3. The van der Waals surface area contributed by atoms with Crippen LogP contribution in [0.1, 0.15) is 5.56 Å². The van der Waals surface area contributed by atoms with Gasteiger partial charge < -0.3 is 4.90 Å². The predicted molar refractivity (Wildman–Crippen MR) is 75.8 cm³/mol. The standard InChI is InChI=1S/C15H12F2N4/c1-21(9-10-3-2-4-18-7-10)15-8-19-13-5-11(16)12(17)6-14(13)20-15/h2-8H,9H2,1H3. The van der Waals surface area contributed by atoms with Crippen molar-refractivity contribution >= 4 is 16.9 Å². The van der Waals surface area contributed by atoms with Gasteiger partial charge in [0.2, 0.25) is 0 Å². The fraction of sp³-hybridized carbons (Fsp3) is 0.133. The summed E-state index contributed by atoms with van der Waals surface area (Å²) in [6, 6.07) is 5.90. The molecule has 0 radical (unpaired) electrons. The van der Waals surface area contributed by atoms with Gasteiger partial charge in [-0.25, -0.2) is 13.8 Å². The van der Waals surface area contributed by atoms with Gasteiger partial charge in [-0.15, -0.1) is 0 Å². The molecule has 0 aliphatic rings. The molecule has 0 fully saturated rings. The number of aromatic nitrogens is 3. The monoisotopic (exact) mass is 286 g/mol. The minimum Gasteiger partial charge on any atom is -0.354 e. The van der Waals surface area contributed by atoms with Gasteiger partial charge in [-0.3, -0.25) is 9.97 Å². The Hall–Kier alpha value is -2.63. The Labute approximate surface area is 120 Å². The first-order valence-corrected chi connectivity index (χ1v) is 6.35. The summed E-state index contributed by atoms with van der Waals surface area (Å²) in [4.78, 5) is 14.3. The second-order valence-electron chi connectivity index (χ2n) is 4.70. The Morgan fingerprint density at radius 2 is 1.86 bits per heavy atom. The van der Waals surface area contributed by atoms with Crippen molar-refractivity contribution < 1.29 is 8.78 Å². The molecular weight excluding hydrogens is 274 g/mol. The highest BCUT2D eigenvalue weighted by Crippen LogP contribution is 2.19. The molecule has 4 nitrogen and oxygen atoms in total. The summed E-state index contributed by atoms with van der Waals surface area (Å²) in [5.41, 5.74) is 1.67. The molecule has 2 heterocycles. The van der Waals surface area contributed by atoms with Crippen LogP contribution in [0.3, 0.4) is 0 Å². The van der Waals surface area contributed by atoms with Crippen molar-refractivity contribution in [3.05, 3.63) is 60.1 Å². The lowest BCUT2D eigenvalue weighted by Gasteiger charge is -2.18. The highest BCUT2D eigenvalue weighted by molar-refractivity contribution is 5.75. The molecule has 1 aromatic carbocycles. The molecule has 0 bridgehead atoms. The largest absolute Gasteiger partial charge is 0.354 e. The van der Waals surface area contributed by atoms with Crippen LogP contribution < -0.4 is 4.90 Å². The van der Waals surface area contributed by atoms with Crippen LogP contribution in [0.4, 0.5) is 14.6 Å². The predicted octanol–water partition coefficient (Wildman–Crippen LogP) is 2.94. The lowest BCUT2D eigenvalue weighted by Crippen LogP contribution is -2.18. The quantitative estimate of drug-likeness (QED) is 0.742. The smallest absolute Gasteiger partial charge is 0.161 e. The van der Waals surface area contributed by atoms with Crippen LogP contribution >= 0.6 is 0 Å². The maximum atomic E-state index is 13.3. The molecule has 21 heavy (non-hydrogen) atoms. The number of benzene rings is 1. The van der Waals surface area contributed by atoms with E-state index in [-0.39, 0.29) is 0 Å². The molecular formula is C15H12F2N4. The van der Waals surface area contributed by atoms with E-state index in [0.717, 1.165) is 17.7 Å². The van der Waals surface area contributed by atoms with E-state index < -0.39 is 11.6 Å². The second kappa shape index (κ2) is 5.40. The molecule has 106 valence electrons. The van der Waals surface area contributed by atoms with Crippen LogP contribution in [0.5, 0.6) is 0 Å². The van der Waals surface area contributed by atoms with E-state index in [1.165, 1.54) is 6.20 Å². The zero-order chi connectivity index (χ0) is 14.8. The Morgan fingerprint density at radius 3 is 2.57 bits per heavy atom. The van der Waals surface area contributed by atoms with E-state index in [9.17, 15) is 8.78 Å².